The first-order valence-corrected chi connectivity index (χ1v) is 11.4. The Morgan fingerprint density at radius 3 is 2.66 bits per heavy atom. The van der Waals surface area contributed by atoms with Gasteiger partial charge in [-0.15, -0.1) is 0 Å². The van der Waals surface area contributed by atoms with Crippen molar-refractivity contribution in [1.29, 1.82) is 0 Å². The maximum Gasteiger partial charge on any atom is 0.246 e. The quantitative estimate of drug-likeness (QED) is 0.624. The minimum atomic E-state index is -0.0471. The van der Waals surface area contributed by atoms with E-state index >= 15 is 0 Å². The van der Waals surface area contributed by atoms with Crippen molar-refractivity contribution in [3.8, 4) is 11.3 Å². The summed E-state index contributed by atoms with van der Waals surface area (Å²) in [5, 5.41) is 5.73. The fourth-order valence-electron chi connectivity index (χ4n) is 4.90. The third-order valence-corrected chi connectivity index (χ3v) is 6.58. The summed E-state index contributed by atoms with van der Waals surface area (Å²) in [7, 11) is 0. The topological polar surface area (TPSA) is 93.2 Å². The Morgan fingerprint density at radius 2 is 1.91 bits per heavy atom. The molecule has 2 aromatic heterocycles. The van der Waals surface area contributed by atoms with E-state index in [-0.39, 0.29) is 11.9 Å². The number of likely N-dealkylation sites (tertiary alicyclic amines) is 2. The van der Waals surface area contributed by atoms with Gasteiger partial charge in [-0.1, -0.05) is 30.8 Å². The molecule has 1 amide bonds. The van der Waals surface area contributed by atoms with Gasteiger partial charge < -0.3 is 10.6 Å². The summed E-state index contributed by atoms with van der Waals surface area (Å²) in [6.07, 6.45) is 7.27. The van der Waals surface area contributed by atoms with Gasteiger partial charge in [0.1, 0.15) is 17.8 Å². The molecule has 166 valence electrons. The van der Waals surface area contributed by atoms with Crippen LogP contribution in [-0.4, -0.2) is 61.6 Å². The Balaban J connectivity index is 1.49. The summed E-state index contributed by atoms with van der Waals surface area (Å²) in [4.78, 5) is 25.2. The summed E-state index contributed by atoms with van der Waals surface area (Å²) in [5.74, 6) is 0.376. The molecular weight excluding hydrogens is 402 g/mol. The zero-order valence-electron chi connectivity index (χ0n) is 18.3. The Kier molecular flexibility index (Phi) is 5.61. The minimum absolute atomic E-state index is 0.0349. The van der Waals surface area contributed by atoms with Crippen LogP contribution in [0.2, 0.25) is 0 Å². The SMILES string of the molecule is C=CC(=O)N1CCCC(n2nc(-c3ccc(CN4CCCC4)cc3)c3c(N)ncnc32)C1. The second-order valence-electron chi connectivity index (χ2n) is 8.72. The normalized spacial score (nSPS) is 19.5. The number of hydrogen-bond acceptors (Lipinski definition) is 6. The Bertz CT molecular complexity index is 1130. The summed E-state index contributed by atoms with van der Waals surface area (Å²) in [6.45, 7) is 8.28. The molecule has 0 aliphatic carbocycles. The molecule has 0 spiro atoms. The van der Waals surface area contributed by atoms with Crippen LogP contribution in [-0.2, 0) is 11.3 Å². The average molecular weight is 432 g/mol. The number of hydrogen-bond donors (Lipinski definition) is 1. The van der Waals surface area contributed by atoms with Crippen LogP contribution < -0.4 is 5.73 Å². The van der Waals surface area contributed by atoms with E-state index in [1.807, 2.05) is 9.58 Å². The van der Waals surface area contributed by atoms with Crippen molar-refractivity contribution in [2.75, 3.05) is 31.9 Å². The van der Waals surface area contributed by atoms with Crippen LogP contribution in [0.4, 0.5) is 5.82 Å². The van der Waals surface area contributed by atoms with E-state index < -0.39 is 0 Å². The second-order valence-corrected chi connectivity index (χ2v) is 8.72. The maximum atomic E-state index is 12.2. The lowest BCUT2D eigenvalue weighted by Gasteiger charge is -2.32. The lowest BCUT2D eigenvalue weighted by molar-refractivity contribution is -0.127. The fraction of sp³-hybridized carbons (Fsp3) is 0.417. The molecule has 0 bridgehead atoms. The number of nitrogens with zero attached hydrogens (tertiary/aromatic N) is 6. The van der Waals surface area contributed by atoms with Gasteiger partial charge in [0.05, 0.1) is 11.4 Å². The molecule has 4 heterocycles. The van der Waals surface area contributed by atoms with Crippen LogP contribution in [0.1, 0.15) is 37.3 Å². The molecule has 5 rings (SSSR count). The van der Waals surface area contributed by atoms with Crippen LogP contribution >= 0.6 is 0 Å². The molecule has 1 atom stereocenters. The third-order valence-electron chi connectivity index (χ3n) is 6.58. The summed E-state index contributed by atoms with van der Waals surface area (Å²) >= 11 is 0. The molecule has 3 aromatic rings. The van der Waals surface area contributed by atoms with Gasteiger partial charge in [0.25, 0.3) is 0 Å². The summed E-state index contributed by atoms with van der Waals surface area (Å²) < 4.78 is 1.93. The molecule has 32 heavy (non-hydrogen) atoms. The molecule has 2 fully saturated rings. The standard InChI is InChI=1S/C24H29N7O/c1-2-20(32)30-13-5-6-19(15-30)31-24-21(23(25)26-16-27-24)22(28-31)18-9-7-17(8-10-18)14-29-11-3-4-12-29/h2,7-10,16,19H,1,3-6,11-15H2,(H2,25,26,27). The van der Waals surface area contributed by atoms with E-state index in [9.17, 15) is 4.79 Å². The van der Waals surface area contributed by atoms with E-state index in [2.05, 4.69) is 45.7 Å². The van der Waals surface area contributed by atoms with Crippen LogP contribution in [0.5, 0.6) is 0 Å². The molecule has 2 saturated heterocycles. The Morgan fingerprint density at radius 1 is 1.12 bits per heavy atom. The summed E-state index contributed by atoms with van der Waals surface area (Å²) in [5.41, 5.74) is 10.1. The van der Waals surface area contributed by atoms with E-state index in [4.69, 9.17) is 10.8 Å². The highest BCUT2D eigenvalue weighted by Gasteiger charge is 2.28. The number of aromatic nitrogens is 4. The van der Waals surface area contributed by atoms with E-state index in [0.717, 1.165) is 42.6 Å². The highest BCUT2D eigenvalue weighted by Crippen LogP contribution is 2.34. The third kappa shape index (κ3) is 3.86. The van der Waals surface area contributed by atoms with Crippen molar-refractivity contribution in [1.82, 2.24) is 29.5 Å². The summed E-state index contributed by atoms with van der Waals surface area (Å²) in [6, 6.07) is 8.59. The lowest BCUT2D eigenvalue weighted by Crippen LogP contribution is -2.40. The van der Waals surface area contributed by atoms with Gasteiger partial charge in [-0.3, -0.25) is 9.69 Å². The smallest absolute Gasteiger partial charge is 0.246 e. The first kappa shape index (κ1) is 20.6. The second kappa shape index (κ2) is 8.70. The highest BCUT2D eigenvalue weighted by atomic mass is 16.2. The number of benzene rings is 1. The number of nitrogens with two attached hydrogens (primary N) is 1. The van der Waals surface area contributed by atoms with Crippen molar-refractivity contribution in [3.63, 3.8) is 0 Å². The van der Waals surface area contributed by atoms with Gasteiger partial charge in [-0.05, 0) is 50.4 Å². The van der Waals surface area contributed by atoms with Crippen molar-refractivity contribution in [3.05, 3.63) is 48.8 Å². The number of anilines is 1. The molecule has 2 aliphatic heterocycles. The first-order chi connectivity index (χ1) is 15.6. The van der Waals surface area contributed by atoms with E-state index in [1.165, 1.54) is 43.9 Å². The molecular formula is C24H29N7O. The molecule has 0 saturated carbocycles. The van der Waals surface area contributed by atoms with Gasteiger partial charge in [-0.2, -0.15) is 5.10 Å². The maximum absolute atomic E-state index is 12.2. The number of fused-ring (bicyclic) bond motifs is 1. The number of nitrogen functional groups attached to an aromatic ring is 1. The molecule has 8 heteroatoms. The predicted octanol–water partition coefficient (Wildman–Crippen LogP) is 3.02. The Labute approximate surface area is 187 Å². The van der Waals surface area contributed by atoms with Crippen LogP contribution in [0.15, 0.2) is 43.2 Å². The number of carbonyl (C=O) groups excluding carboxylic acids is 1. The lowest BCUT2D eigenvalue weighted by atomic mass is 10.1. The Hall–Kier alpha value is -3.26. The first-order valence-electron chi connectivity index (χ1n) is 11.4. The zero-order chi connectivity index (χ0) is 22.1. The fourth-order valence-corrected chi connectivity index (χ4v) is 4.90. The molecule has 2 N–H and O–H groups in total. The van der Waals surface area contributed by atoms with Crippen molar-refractivity contribution in [2.24, 2.45) is 0 Å². The molecule has 1 unspecified atom stereocenters. The molecule has 2 aliphatic rings. The van der Waals surface area contributed by atoms with Crippen molar-refractivity contribution in [2.45, 2.75) is 38.3 Å². The molecule has 8 nitrogen and oxygen atoms in total. The van der Waals surface area contributed by atoms with Crippen LogP contribution in [0.3, 0.4) is 0 Å². The highest BCUT2D eigenvalue weighted by molar-refractivity contribution is 5.98. The van der Waals surface area contributed by atoms with Gasteiger partial charge in [0.2, 0.25) is 5.91 Å². The van der Waals surface area contributed by atoms with Crippen molar-refractivity contribution >= 4 is 22.8 Å². The number of carbonyl (C=O) groups is 1. The number of piperidine rings is 1. The number of amides is 1. The van der Waals surface area contributed by atoms with Gasteiger partial charge in [0.15, 0.2) is 5.65 Å². The predicted molar refractivity (Wildman–Crippen MR) is 125 cm³/mol. The van der Waals surface area contributed by atoms with E-state index in [0.29, 0.717) is 18.0 Å². The average Bonchev–Trinajstić information content (AvgIpc) is 3.48. The van der Waals surface area contributed by atoms with E-state index in [1.54, 1.807) is 0 Å². The minimum Gasteiger partial charge on any atom is -0.383 e. The monoisotopic (exact) mass is 431 g/mol. The largest absolute Gasteiger partial charge is 0.383 e. The zero-order valence-corrected chi connectivity index (χ0v) is 18.3. The van der Waals surface area contributed by atoms with Gasteiger partial charge >= 0.3 is 0 Å². The van der Waals surface area contributed by atoms with Gasteiger partial charge in [-0.25, -0.2) is 14.6 Å². The molecule has 1 aromatic carbocycles. The van der Waals surface area contributed by atoms with Gasteiger partial charge in [0, 0.05) is 25.2 Å². The van der Waals surface area contributed by atoms with Crippen LogP contribution in [0, 0.1) is 0 Å². The van der Waals surface area contributed by atoms with Crippen LogP contribution in [0.25, 0.3) is 22.3 Å². The number of rotatable bonds is 5. The van der Waals surface area contributed by atoms with Crippen molar-refractivity contribution < 1.29 is 4.79 Å². The molecule has 0 radical (unpaired) electrons.